The molecule has 2 fully saturated rings. The molecule has 3 heterocycles. The normalized spacial score (nSPS) is 20.5. The molecule has 4 rings (SSSR count). The Labute approximate surface area is 171 Å². The number of ether oxygens (including phenoxy) is 1. The number of carbonyl (C=O) groups excluding carboxylic acids is 2. The fraction of sp³-hybridized carbons (Fsp3) is 0.435. The van der Waals surface area contributed by atoms with Crippen molar-refractivity contribution in [1.82, 2.24) is 14.8 Å². The summed E-state index contributed by atoms with van der Waals surface area (Å²) in [6, 6.07) is 13.4. The molecule has 2 unspecified atom stereocenters. The lowest BCUT2D eigenvalue weighted by Gasteiger charge is -2.34. The Kier molecular flexibility index (Phi) is 6.20. The van der Waals surface area contributed by atoms with Crippen LogP contribution in [-0.2, 0) is 20.7 Å². The number of pyridine rings is 1. The highest BCUT2D eigenvalue weighted by molar-refractivity contribution is 5.91. The smallest absolute Gasteiger partial charge is 0.245 e. The monoisotopic (exact) mass is 393 g/mol. The van der Waals surface area contributed by atoms with Gasteiger partial charge >= 0.3 is 0 Å². The first-order chi connectivity index (χ1) is 14.2. The number of nitrogens with zero attached hydrogens (tertiary/aromatic N) is 3. The van der Waals surface area contributed by atoms with Gasteiger partial charge in [0.05, 0.1) is 19.1 Å². The standard InChI is InChI=1S/C23H27N3O3/c27-22(26-11-5-9-21(26)23(28)25-12-14-29-15-13-25)20(19-7-2-1-3-8-19)16-18-6-4-10-24-17-18/h1-4,6-8,10,17,20-21H,5,9,11-16H2. The highest BCUT2D eigenvalue weighted by Gasteiger charge is 2.39. The highest BCUT2D eigenvalue weighted by atomic mass is 16.5. The molecular weight excluding hydrogens is 366 g/mol. The predicted molar refractivity (Wildman–Crippen MR) is 109 cm³/mol. The summed E-state index contributed by atoms with van der Waals surface area (Å²) in [5, 5.41) is 0. The van der Waals surface area contributed by atoms with Crippen LogP contribution in [0, 0.1) is 0 Å². The summed E-state index contributed by atoms with van der Waals surface area (Å²) < 4.78 is 5.37. The minimum Gasteiger partial charge on any atom is -0.378 e. The van der Waals surface area contributed by atoms with E-state index in [4.69, 9.17) is 4.74 Å². The van der Waals surface area contributed by atoms with E-state index >= 15 is 0 Å². The second-order valence-electron chi connectivity index (χ2n) is 7.66. The minimum atomic E-state index is -0.360. The first-order valence-electron chi connectivity index (χ1n) is 10.3. The Bertz CT molecular complexity index is 822. The lowest BCUT2D eigenvalue weighted by Crippen LogP contribution is -2.51. The first kappa shape index (κ1) is 19.6. The largest absolute Gasteiger partial charge is 0.378 e. The second kappa shape index (κ2) is 9.18. The maximum absolute atomic E-state index is 13.7. The topological polar surface area (TPSA) is 62.7 Å². The van der Waals surface area contributed by atoms with Crippen molar-refractivity contribution in [2.45, 2.75) is 31.2 Å². The zero-order valence-corrected chi connectivity index (χ0v) is 16.6. The van der Waals surface area contributed by atoms with Crippen LogP contribution in [0.25, 0.3) is 0 Å². The third-order valence-corrected chi connectivity index (χ3v) is 5.81. The number of rotatable bonds is 5. The number of likely N-dealkylation sites (tertiary alicyclic amines) is 1. The quantitative estimate of drug-likeness (QED) is 0.782. The summed E-state index contributed by atoms with van der Waals surface area (Å²) >= 11 is 0. The van der Waals surface area contributed by atoms with Crippen LogP contribution in [0.3, 0.4) is 0 Å². The molecule has 0 bridgehead atoms. The predicted octanol–water partition coefficient (Wildman–Crippen LogP) is 2.26. The van der Waals surface area contributed by atoms with Gasteiger partial charge in [-0.15, -0.1) is 0 Å². The molecule has 0 spiro atoms. The van der Waals surface area contributed by atoms with Crippen molar-refractivity contribution in [2.24, 2.45) is 0 Å². The van der Waals surface area contributed by atoms with Gasteiger partial charge in [0.2, 0.25) is 11.8 Å². The van der Waals surface area contributed by atoms with Crippen LogP contribution in [0.15, 0.2) is 54.9 Å². The van der Waals surface area contributed by atoms with E-state index in [-0.39, 0.29) is 23.8 Å². The Morgan fingerprint density at radius 3 is 2.59 bits per heavy atom. The maximum Gasteiger partial charge on any atom is 0.245 e. The summed E-state index contributed by atoms with van der Waals surface area (Å²) in [7, 11) is 0. The number of benzene rings is 1. The molecule has 2 saturated heterocycles. The first-order valence-corrected chi connectivity index (χ1v) is 10.3. The second-order valence-corrected chi connectivity index (χ2v) is 7.66. The summed E-state index contributed by atoms with van der Waals surface area (Å²) in [6.07, 6.45) is 5.72. The molecule has 2 aliphatic rings. The fourth-order valence-electron chi connectivity index (χ4n) is 4.27. The summed E-state index contributed by atoms with van der Waals surface area (Å²) in [4.78, 5) is 34.6. The van der Waals surface area contributed by atoms with Crippen LogP contribution in [-0.4, -0.2) is 65.5 Å². The van der Waals surface area contributed by atoms with Crippen molar-refractivity contribution in [3.8, 4) is 0 Å². The van der Waals surface area contributed by atoms with Crippen LogP contribution in [0.2, 0.25) is 0 Å². The SMILES string of the molecule is O=C(C1CCCN1C(=O)C(Cc1cccnc1)c1ccccc1)N1CCOCC1. The molecule has 0 radical (unpaired) electrons. The molecule has 0 aliphatic carbocycles. The summed E-state index contributed by atoms with van der Waals surface area (Å²) in [5.41, 5.74) is 2.00. The average Bonchev–Trinajstić information content (AvgIpc) is 3.28. The van der Waals surface area contributed by atoms with Crippen LogP contribution >= 0.6 is 0 Å². The number of hydrogen-bond acceptors (Lipinski definition) is 4. The van der Waals surface area contributed by atoms with Crippen molar-refractivity contribution in [3.63, 3.8) is 0 Å². The van der Waals surface area contributed by atoms with Crippen molar-refractivity contribution >= 4 is 11.8 Å². The van der Waals surface area contributed by atoms with Gasteiger partial charge in [-0.05, 0) is 36.5 Å². The van der Waals surface area contributed by atoms with Gasteiger partial charge in [0, 0.05) is 32.0 Å². The van der Waals surface area contributed by atoms with Crippen molar-refractivity contribution in [1.29, 1.82) is 0 Å². The number of amides is 2. The minimum absolute atomic E-state index is 0.0316. The van der Waals surface area contributed by atoms with Crippen LogP contribution in [0.4, 0.5) is 0 Å². The van der Waals surface area contributed by atoms with E-state index in [0.717, 1.165) is 24.0 Å². The van der Waals surface area contributed by atoms with E-state index in [0.29, 0.717) is 39.3 Å². The molecule has 6 nitrogen and oxygen atoms in total. The number of carbonyl (C=O) groups is 2. The highest BCUT2D eigenvalue weighted by Crippen LogP contribution is 2.28. The summed E-state index contributed by atoms with van der Waals surface area (Å²) in [6.45, 7) is 2.99. The molecule has 0 saturated carbocycles. The van der Waals surface area contributed by atoms with Crippen LogP contribution in [0.5, 0.6) is 0 Å². The third-order valence-electron chi connectivity index (χ3n) is 5.81. The molecule has 0 N–H and O–H groups in total. The van der Waals surface area contributed by atoms with E-state index in [1.54, 1.807) is 6.20 Å². The van der Waals surface area contributed by atoms with E-state index in [2.05, 4.69) is 4.98 Å². The molecule has 2 amide bonds. The molecular formula is C23H27N3O3. The maximum atomic E-state index is 13.7. The van der Waals surface area contributed by atoms with E-state index < -0.39 is 0 Å². The fourth-order valence-corrected chi connectivity index (χ4v) is 4.27. The number of aromatic nitrogens is 1. The molecule has 1 aromatic heterocycles. The zero-order chi connectivity index (χ0) is 20.1. The average molecular weight is 393 g/mol. The zero-order valence-electron chi connectivity index (χ0n) is 16.6. The number of hydrogen-bond donors (Lipinski definition) is 0. The number of morpholine rings is 1. The Balaban J connectivity index is 1.56. The van der Waals surface area contributed by atoms with Crippen LogP contribution in [0.1, 0.15) is 29.9 Å². The molecule has 2 aliphatic heterocycles. The Hall–Kier alpha value is -2.73. The lowest BCUT2D eigenvalue weighted by atomic mass is 9.91. The van der Waals surface area contributed by atoms with Crippen LogP contribution < -0.4 is 0 Å². The van der Waals surface area contributed by atoms with Gasteiger partial charge < -0.3 is 14.5 Å². The van der Waals surface area contributed by atoms with Gasteiger partial charge in [0.1, 0.15) is 6.04 Å². The third kappa shape index (κ3) is 4.48. The van der Waals surface area contributed by atoms with Crippen molar-refractivity contribution in [2.75, 3.05) is 32.8 Å². The summed E-state index contributed by atoms with van der Waals surface area (Å²) in [5.74, 6) is -0.227. The molecule has 152 valence electrons. The van der Waals surface area contributed by atoms with Gasteiger partial charge in [-0.1, -0.05) is 36.4 Å². The van der Waals surface area contributed by atoms with Gasteiger partial charge in [0.15, 0.2) is 0 Å². The Morgan fingerprint density at radius 1 is 1.07 bits per heavy atom. The van der Waals surface area contributed by atoms with E-state index in [1.165, 1.54) is 0 Å². The molecule has 2 aromatic rings. The molecule has 29 heavy (non-hydrogen) atoms. The molecule has 1 aromatic carbocycles. The van der Waals surface area contributed by atoms with Crippen molar-refractivity contribution in [3.05, 3.63) is 66.0 Å². The van der Waals surface area contributed by atoms with E-state index in [1.807, 2.05) is 58.5 Å². The molecule has 2 atom stereocenters. The van der Waals surface area contributed by atoms with Crippen molar-refractivity contribution < 1.29 is 14.3 Å². The van der Waals surface area contributed by atoms with Gasteiger partial charge in [0.25, 0.3) is 0 Å². The Morgan fingerprint density at radius 2 is 1.86 bits per heavy atom. The lowest BCUT2D eigenvalue weighted by molar-refractivity contribution is -0.147. The van der Waals surface area contributed by atoms with Gasteiger partial charge in [-0.3, -0.25) is 14.6 Å². The van der Waals surface area contributed by atoms with E-state index in [9.17, 15) is 9.59 Å². The van der Waals surface area contributed by atoms with Gasteiger partial charge in [-0.25, -0.2) is 0 Å². The van der Waals surface area contributed by atoms with Gasteiger partial charge in [-0.2, -0.15) is 0 Å². The molecule has 6 heteroatoms.